The number of esters is 1. The van der Waals surface area contributed by atoms with Crippen LogP contribution in [0, 0.1) is 0 Å². The van der Waals surface area contributed by atoms with Gasteiger partial charge in [0.1, 0.15) is 16.9 Å². The van der Waals surface area contributed by atoms with Crippen molar-refractivity contribution in [2.75, 3.05) is 18.2 Å². The summed E-state index contributed by atoms with van der Waals surface area (Å²) in [6, 6.07) is 0. The molecule has 0 aliphatic heterocycles. The second kappa shape index (κ2) is 7.48. The molecule has 0 unspecified atom stereocenters. The number of hydrogen-bond acceptors (Lipinski definition) is 6. The molecule has 102 valence electrons. The van der Waals surface area contributed by atoms with Crippen molar-refractivity contribution in [1.82, 2.24) is 4.98 Å². The fourth-order valence-electron chi connectivity index (χ4n) is 1.38. The highest BCUT2D eigenvalue weighted by Crippen LogP contribution is 2.35. The monoisotopic (exact) mass is 282 g/mol. The molecular formula is C12H15ClN4O2. The van der Waals surface area contributed by atoms with Gasteiger partial charge in [-0.3, -0.25) is 9.98 Å². The molecule has 0 aliphatic rings. The minimum absolute atomic E-state index is 0.188. The number of nitrogens with zero attached hydrogens (tertiary/aromatic N) is 3. The molecule has 0 aromatic carbocycles. The quantitative estimate of drug-likeness (QED) is 0.510. The Kier molecular flexibility index (Phi) is 5.95. The second-order valence-corrected chi connectivity index (χ2v) is 3.64. The van der Waals surface area contributed by atoms with Gasteiger partial charge in [0.15, 0.2) is 5.82 Å². The van der Waals surface area contributed by atoms with Crippen molar-refractivity contribution < 1.29 is 9.53 Å². The van der Waals surface area contributed by atoms with E-state index in [2.05, 4.69) is 15.0 Å². The van der Waals surface area contributed by atoms with E-state index in [1.165, 1.54) is 12.4 Å². The Labute approximate surface area is 116 Å². The largest absolute Gasteiger partial charge is 0.462 e. The summed E-state index contributed by atoms with van der Waals surface area (Å²) in [6.07, 6.45) is 4.32. The molecule has 0 amide bonds. The predicted octanol–water partition coefficient (Wildman–Crippen LogP) is 2.50. The number of rotatable bonds is 5. The molecule has 0 radical (unpaired) electrons. The molecule has 0 saturated heterocycles. The maximum absolute atomic E-state index is 11.8. The Hall–Kier alpha value is -1.95. The SMILES string of the molecule is CC=Nc1c(N)ncc(C(=O)OCC)c1N=CCCl. The molecule has 1 aromatic rings. The van der Waals surface area contributed by atoms with Gasteiger partial charge in [0.05, 0.1) is 12.5 Å². The van der Waals surface area contributed by atoms with Crippen LogP contribution in [0.1, 0.15) is 24.2 Å². The number of alkyl halides is 1. The Morgan fingerprint density at radius 2 is 2.26 bits per heavy atom. The van der Waals surface area contributed by atoms with Crippen molar-refractivity contribution in [1.29, 1.82) is 0 Å². The first-order valence-corrected chi connectivity index (χ1v) is 6.21. The number of anilines is 1. The highest BCUT2D eigenvalue weighted by Gasteiger charge is 2.18. The van der Waals surface area contributed by atoms with E-state index in [4.69, 9.17) is 22.1 Å². The van der Waals surface area contributed by atoms with E-state index < -0.39 is 5.97 Å². The van der Waals surface area contributed by atoms with Crippen LogP contribution in [0.25, 0.3) is 0 Å². The fourth-order valence-corrected chi connectivity index (χ4v) is 1.45. The normalized spacial score (nSPS) is 11.3. The summed E-state index contributed by atoms with van der Waals surface area (Å²) < 4.78 is 4.94. The van der Waals surface area contributed by atoms with E-state index in [1.807, 2.05) is 0 Å². The molecule has 1 aromatic heterocycles. The number of ether oxygens (including phenoxy) is 1. The van der Waals surface area contributed by atoms with Crippen LogP contribution in [-0.4, -0.2) is 35.9 Å². The Bertz CT molecular complexity index is 515. The van der Waals surface area contributed by atoms with Crippen molar-refractivity contribution >= 4 is 47.2 Å². The van der Waals surface area contributed by atoms with Crippen LogP contribution < -0.4 is 5.73 Å². The zero-order valence-corrected chi connectivity index (χ0v) is 11.5. The first kappa shape index (κ1) is 15.1. The van der Waals surface area contributed by atoms with Crippen molar-refractivity contribution in [3.63, 3.8) is 0 Å². The van der Waals surface area contributed by atoms with Crippen LogP contribution in [0.15, 0.2) is 16.2 Å². The predicted molar refractivity (Wildman–Crippen MR) is 77.3 cm³/mol. The Balaban J connectivity index is 3.41. The number of carbonyl (C=O) groups excluding carboxylic acids is 1. The lowest BCUT2D eigenvalue weighted by molar-refractivity contribution is 0.0527. The average Bonchev–Trinajstić information content (AvgIpc) is 2.39. The third kappa shape index (κ3) is 3.75. The van der Waals surface area contributed by atoms with Crippen LogP contribution >= 0.6 is 11.6 Å². The summed E-state index contributed by atoms with van der Waals surface area (Å²) in [5.41, 5.74) is 6.58. The molecule has 0 saturated carbocycles. The van der Waals surface area contributed by atoms with Crippen LogP contribution in [-0.2, 0) is 4.74 Å². The third-order valence-electron chi connectivity index (χ3n) is 2.10. The van der Waals surface area contributed by atoms with Gasteiger partial charge in [0.2, 0.25) is 0 Å². The summed E-state index contributed by atoms with van der Waals surface area (Å²) >= 11 is 5.56. The molecular weight excluding hydrogens is 268 g/mol. The lowest BCUT2D eigenvalue weighted by Crippen LogP contribution is -2.07. The van der Waals surface area contributed by atoms with Gasteiger partial charge in [0.25, 0.3) is 0 Å². The van der Waals surface area contributed by atoms with Gasteiger partial charge < -0.3 is 10.5 Å². The molecule has 6 nitrogen and oxygen atoms in total. The van der Waals surface area contributed by atoms with E-state index in [-0.39, 0.29) is 23.9 Å². The average molecular weight is 283 g/mol. The maximum atomic E-state index is 11.8. The van der Waals surface area contributed by atoms with Crippen molar-refractivity contribution in [3.05, 3.63) is 11.8 Å². The van der Waals surface area contributed by atoms with Gasteiger partial charge in [-0.2, -0.15) is 0 Å². The zero-order valence-electron chi connectivity index (χ0n) is 10.8. The fraction of sp³-hybridized carbons (Fsp3) is 0.333. The lowest BCUT2D eigenvalue weighted by atomic mass is 10.2. The number of halogens is 1. The zero-order chi connectivity index (χ0) is 14.3. The highest BCUT2D eigenvalue weighted by atomic mass is 35.5. The summed E-state index contributed by atoms with van der Waals surface area (Å²) in [5.74, 6) is -0.128. The molecule has 0 bridgehead atoms. The van der Waals surface area contributed by atoms with Crippen LogP contribution in [0.2, 0.25) is 0 Å². The van der Waals surface area contributed by atoms with E-state index in [1.54, 1.807) is 20.1 Å². The van der Waals surface area contributed by atoms with Gasteiger partial charge in [-0.05, 0) is 13.8 Å². The smallest absolute Gasteiger partial charge is 0.341 e. The summed E-state index contributed by atoms with van der Waals surface area (Å²) in [5, 5.41) is 0. The lowest BCUT2D eigenvalue weighted by Gasteiger charge is -2.09. The highest BCUT2D eigenvalue weighted by molar-refractivity contribution is 6.25. The number of carbonyl (C=O) groups is 1. The first-order chi connectivity index (χ1) is 9.15. The van der Waals surface area contributed by atoms with Crippen molar-refractivity contribution in [2.45, 2.75) is 13.8 Å². The van der Waals surface area contributed by atoms with Crippen LogP contribution in [0.4, 0.5) is 17.2 Å². The van der Waals surface area contributed by atoms with Crippen molar-refractivity contribution in [3.8, 4) is 0 Å². The standard InChI is InChI=1S/C12H15ClN4O2/c1-3-15-10-9(16-6-5-13)8(7-17-11(10)14)12(18)19-4-2/h3,6-7H,4-5H2,1-2H3,(H2,14,17). The first-order valence-electron chi connectivity index (χ1n) is 5.68. The number of aliphatic imine (C=N–C) groups is 2. The summed E-state index contributed by atoms with van der Waals surface area (Å²) in [4.78, 5) is 24.0. The number of nitrogen functional groups attached to an aromatic ring is 1. The topological polar surface area (TPSA) is 89.9 Å². The molecule has 0 fully saturated rings. The van der Waals surface area contributed by atoms with E-state index in [9.17, 15) is 4.79 Å². The molecule has 7 heteroatoms. The van der Waals surface area contributed by atoms with Gasteiger partial charge in [0, 0.05) is 18.6 Å². The van der Waals surface area contributed by atoms with Crippen molar-refractivity contribution in [2.24, 2.45) is 9.98 Å². The number of pyridine rings is 1. The molecule has 0 aliphatic carbocycles. The molecule has 0 spiro atoms. The van der Waals surface area contributed by atoms with Gasteiger partial charge in [-0.15, -0.1) is 11.6 Å². The van der Waals surface area contributed by atoms with E-state index in [0.29, 0.717) is 11.4 Å². The van der Waals surface area contributed by atoms with Gasteiger partial charge >= 0.3 is 5.97 Å². The summed E-state index contributed by atoms with van der Waals surface area (Å²) in [6.45, 7) is 3.70. The molecule has 1 rings (SSSR count). The number of aromatic nitrogens is 1. The van der Waals surface area contributed by atoms with Crippen LogP contribution in [0.3, 0.4) is 0 Å². The minimum atomic E-state index is -0.524. The molecule has 0 atom stereocenters. The molecule has 19 heavy (non-hydrogen) atoms. The second-order valence-electron chi connectivity index (χ2n) is 3.33. The number of nitrogens with two attached hydrogens (primary N) is 1. The number of hydrogen-bond donors (Lipinski definition) is 1. The minimum Gasteiger partial charge on any atom is -0.462 e. The third-order valence-corrected chi connectivity index (χ3v) is 2.24. The van der Waals surface area contributed by atoms with Gasteiger partial charge in [-0.25, -0.2) is 9.78 Å². The van der Waals surface area contributed by atoms with Gasteiger partial charge in [-0.1, -0.05) is 0 Å². The molecule has 1 heterocycles. The summed E-state index contributed by atoms with van der Waals surface area (Å²) in [7, 11) is 0. The van der Waals surface area contributed by atoms with E-state index >= 15 is 0 Å². The Morgan fingerprint density at radius 1 is 1.53 bits per heavy atom. The van der Waals surface area contributed by atoms with E-state index in [0.717, 1.165) is 0 Å². The van der Waals surface area contributed by atoms with Crippen LogP contribution in [0.5, 0.6) is 0 Å². The molecule has 2 N–H and O–H groups in total. The Morgan fingerprint density at radius 3 is 2.84 bits per heavy atom. The maximum Gasteiger partial charge on any atom is 0.341 e.